The summed E-state index contributed by atoms with van der Waals surface area (Å²) in [5, 5.41) is 3.01. The molecule has 0 aliphatic heterocycles. The van der Waals surface area contributed by atoms with Crippen LogP contribution in [-0.4, -0.2) is 18.5 Å². The molecule has 1 rings (SSSR count). The summed E-state index contributed by atoms with van der Waals surface area (Å²) >= 11 is 0. The van der Waals surface area contributed by atoms with E-state index >= 15 is 0 Å². The Kier molecular flexibility index (Phi) is 3.53. The highest BCUT2D eigenvalue weighted by Crippen LogP contribution is 2.18. The number of nitrogens with two attached hydrogens (primary N) is 1. The topological polar surface area (TPSA) is 55.1 Å². The summed E-state index contributed by atoms with van der Waals surface area (Å²) in [6.45, 7) is 2.53. The summed E-state index contributed by atoms with van der Waals surface area (Å²) in [4.78, 5) is 11.4. The van der Waals surface area contributed by atoms with Crippen LogP contribution >= 0.6 is 0 Å². The molecule has 0 aromatic carbocycles. The second-order valence-corrected chi connectivity index (χ2v) is 3.61. The molecule has 0 aromatic heterocycles. The van der Waals surface area contributed by atoms with E-state index in [9.17, 15) is 4.79 Å². The van der Waals surface area contributed by atoms with E-state index in [1.165, 1.54) is 6.42 Å². The number of rotatable bonds is 4. The molecule has 3 N–H and O–H groups in total. The fourth-order valence-corrected chi connectivity index (χ4v) is 1.28. The van der Waals surface area contributed by atoms with Crippen molar-refractivity contribution in [3.63, 3.8) is 0 Å². The standard InChI is InChI=1S/C9H18N2O/c1-7(5-6-10)9(12)11-8-3-2-4-8/h7-8H,2-6,10H2,1H3,(H,11,12). The van der Waals surface area contributed by atoms with Gasteiger partial charge in [0.25, 0.3) is 0 Å². The third-order valence-corrected chi connectivity index (χ3v) is 2.50. The van der Waals surface area contributed by atoms with Crippen molar-refractivity contribution in [2.24, 2.45) is 11.7 Å². The number of carbonyl (C=O) groups excluding carboxylic acids is 1. The molecule has 0 spiro atoms. The van der Waals surface area contributed by atoms with Crippen molar-refractivity contribution in [2.75, 3.05) is 6.54 Å². The lowest BCUT2D eigenvalue weighted by Crippen LogP contribution is -2.42. The first-order chi connectivity index (χ1) is 5.74. The molecule has 1 aliphatic rings. The largest absolute Gasteiger partial charge is 0.353 e. The van der Waals surface area contributed by atoms with E-state index in [2.05, 4.69) is 5.32 Å². The Morgan fingerprint density at radius 1 is 1.67 bits per heavy atom. The Bertz CT molecular complexity index is 155. The smallest absolute Gasteiger partial charge is 0.223 e. The van der Waals surface area contributed by atoms with Crippen molar-refractivity contribution in [3.8, 4) is 0 Å². The zero-order chi connectivity index (χ0) is 8.97. The molecule has 3 heteroatoms. The number of hydrogen-bond donors (Lipinski definition) is 2. The van der Waals surface area contributed by atoms with E-state index in [0.717, 1.165) is 19.3 Å². The SMILES string of the molecule is CC(CCN)C(=O)NC1CCC1. The first-order valence-corrected chi connectivity index (χ1v) is 4.74. The lowest BCUT2D eigenvalue weighted by Gasteiger charge is -2.27. The van der Waals surface area contributed by atoms with Crippen LogP contribution in [-0.2, 0) is 4.79 Å². The van der Waals surface area contributed by atoms with Crippen LogP contribution in [0.15, 0.2) is 0 Å². The quantitative estimate of drug-likeness (QED) is 0.650. The van der Waals surface area contributed by atoms with Gasteiger partial charge in [-0.3, -0.25) is 4.79 Å². The Labute approximate surface area is 73.7 Å². The van der Waals surface area contributed by atoms with Gasteiger partial charge in [-0.05, 0) is 32.2 Å². The molecule has 1 atom stereocenters. The van der Waals surface area contributed by atoms with Crippen LogP contribution in [0.2, 0.25) is 0 Å². The van der Waals surface area contributed by atoms with Gasteiger partial charge in [0.05, 0.1) is 0 Å². The number of nitrogens with one attached hydrogen (secondary N) is 1. The molecule has 1 fully saturated rings. The van der Waals surface area contributed by atoms with Gasteiger partial charge in [-0.2, -0.15) is 0 Å². The molecule has 3 nitrogen and oxygen atoms in total. The van der Waals surface area contributed by atoms with E-state index in [1.54, 1.807) is 0 Å². The molecule has 0 saturated heterocycles. The third kappa shape index (κ3) is 2.48. The zero-order valence-corrected chi connectivity index (χ0v) is 7.68. The molecule has 1 unspecified atom stereocenters. The summed E-state index contributed by atoms with van der Waals surface area (Å²) in [6, 6.07) is 0.456. The minimum Gasteiger partial charge on any atom is -0.353 e. The second kappa shape index (κ2) is 4.45. The number of carbonyl (C=O) groups is 1. The molecule has 0 heterocycles. The van der Waals surface area contributed by atoms with Crippen LogP contribution in [0.25, 0.3) is 0 Å². The van der Waals surface area contributed by atoms with Crippen molar-refractivity contribution in [1.29, 1.82) is 0 Å². The van der Waals surface area contributed by atoms with Crippen LogP contribution in [0.4, 0.5) is 0 Å². The molecule has 1 saturated carbocycles. The first-order valence-electron chi connectivity index (χ1n) is 4.74. The van der Waals surface area contributed by atoms with Crippen LogP contribution in [0.1, 0.15) is 32.6 Å². The number of amides is 1. The fourth-order valence-electron chi connectivity index (χ4n) is 1.28. The predicted molar refractivity (Wildman–Crippen MR) is 48.6 cm³/mol. The maximum atomic E-state index is 11.4. The monoisotopic (exact) mass is 170 g/mol. The van der Waals surface area contributed by atoms with Crippen molar-refractivity contribution >= 4 is 5.91 Å². The summed E-state index contributed by atoms with van der Waals surface area (Å²) in [6.07, 6.45) is 4.36. The molecule has 0 aromatic rings. The Balaban J connectivity index is 2.16. The highest BCUT2D eigenvalue weighted by atomic mass is 16.1. The van der Waals surface area contributed by atoms with Gasteiger partial charge < -0.3 is 11.1 Å². The van der Waals surface area contributed by atoms with Crippen LogP contribution < -0.4 is 11.1 Å². The summed E-state index contributed by atoms with van der Waals surface area (Å²) < 4.78 is 0. The van der Waals surface area contributed by atoms with Crippen molar-refractivity contribution < 1.29 is 4.79 Å². The van der Waals surface area contributed by atoms with Crippen LogP contribution in [0.5, 0.6) is 0 Å². The van der Waals surface area contributed by atoms with Gasteiger partial charge in [-0.25, -0.2) is 0 Å². The van der Waals surface area contributed by atoms with Gasteiger partial charge in [0.15, 0.2) is 0 Å². The highest BCUT2D eigenvalue weighted by Gasteiger charge is 2.21. The first kappa shape index (κ1) is 9.52. The van der Waals surface area contributed by atoms with Crippen molar-refractivity contribution in [3.05, 3.63) is 0 Å². The molecular formula is C9H18N2O. The lowest BCUT2D eigenvalue weighted by atomic mass is 9.92. The van der Waals surface area contributed by atoms with Gasteiger partial charge in [0.1, 0.15) is 0 Å². The van der Waals surface area contributed by atoms with Gasteiger partial charge in [-0.1, -0.05) is 6.92 Å². The van der Waals surface area contributed by atoms with Crippen LogP contribution in [0, 0.1) is 5.92 Å². The zero-order valence-electron chi connectivity index (χ0n) is 7.68. The molecular weight excluding hydrogens is 152 g/mol. The Morgan fingerprint density at radius 3 is 2.75 bits per heavy atom. The van der Waals surface area contributed by atoms with E-state index in [1.807, 2.05) is 6.92 Å². The minimum atomic E-state index is 0.0793. The van der Waals surface area contributed by atoms with Gasteiger partial charge in [0.2, 0.25) is 5.91 Å². The average Bonchev–Trinajstić information content (AvgIpc) is 1.97. The fraction of sp³-hybridized carbons (Fsp3) is 0.889. The molecule has 12 heavy (non-hydrogen) atoms. The van der Waals surface area contributed by atoms with E-state index in [4.69, 9.17) is 5.73 Å². The van der Waals surface area contributed by atoms with E-state index in [-0.39, 0.29) is 11.8 Å². The lowest BCUT2D eigenvalue weighted by molar-refractivity contribution is -0.125. The van der Waals surface area contributed by atoms with Crippen LogP contribution in [0.3, 0.4) is 0 Å². The Hall–Kier alpha value is -0.570. The average molecular weight is 170 g/mol. The molecule has 0 bridgehead atoms. The molecule has 1 amide bonds. The minimum absolute atomic E-state index is 0.0793. The van der Waals surface area contributed by atoms with Gasteiger partial charge in [0, 0.05) is 12.0 Å². The normalized spacial score (nSPS) is 19.8. The van der Waals surface area contributed by atoms with Gasteiger partial charge >= 0.3 is 0 Å². The van der Waals surface area contributed by atoms with E-state index in [0.29, 0.717) is 12.6 Å². The molecule has 0 radical (unpaired) electrons. The number of hydrogen-bond acceptors (Lipinski definition) is 2. The highest BCUT2D eigenvalue weighted by molar-refractivity contribution is 5.78. The third-order valence-electron chi connectivity index (χ3n) is 2.50. The summed E-state index contributed by atoms with van der Waals surface area (Å²) in [5.74, 6) is 0.251. The molecule has 70 valence electrons. The second-order valence-electron chi connectivity index (χ2n) is 3.61. The predicted octanol–water partition coefficient (Wildman–Crippen LogP) is 0.640. The Morgan fingerprint density at radius 2 is 2.33 bits per heavy atom. The van der Waals surface area contributed by atoms with Gasteiger partial charge in [-0.15, -0.1) is 0 Å². The maximum absolute atomic E-state index is 11.4. The molecule has 1 aliphatic carbocycles. The van der Waals surface area contributed by atoms with Crippen molar-refractivity contribution in [2.45, 2.75) is 38.6 Å². The maximum Gasteiger partial charge on any atom is 0.223 e. The van der Waals surface area contributed by atoms with Crippen molar-refractivity contribution in [1.82, 2.24) is 5.32 Å². The summed E-state index contributed by atoms with van der Waals surface area (Å²) in [5.41, 5.74) is 5.36. The van der Waals surface area contributed by atoms with E-state index < -0.39 is 0 Å². The summed E-state index contributed by atoms with van der Waals surface area (Å²) in [7, 11) is 0.